The summed E-state index contributed by atoms with van der Waals surface area (Å²) in [6.45, 7) is 10.4. The molecule has 0 aliphatic rings. The molecule has 0 heterocycles. The predicted molar refractivity (Wildman–Crippen MR) is 59.3 cm³/mol. The number of hydrogen-bond acceptors (Lipinski definition) is 1. The third-order valence-corrected chi connectivity index (χ3v) is 2.62. The molecule has 1 unspecified atom stereocenters. The van der Waals surface area contributed by atoms with Crippen LogP contribution in [0.5, 0.6) is 0 Å². The highest BCUT2D eigenvalue weighted by Gasteiger charge is 2.30. The molecule has 0 rings (SSSR count). The molecule has 2 nitrogen and oxygen atoms in total. The number of carboxylic acids is 1. The second-order valence-electron chi connectivity index (χ2n) is 5.58. The van der Waals surface area contributed by atoms with Gasteiger partial charge in [-0.2, -0.15) is 0 Å². The van der Waals surface area contributed by atoms with Crippen molar-refractivity contribution in [2.24, 2.45) is 17.3 Å². The van der Waals surface area contributed by atoms with Crippen LogP contribution in [0, 0.1) is 17.3 Å². The zero-order valence-electron chi connectivity index (χ0n) is 10.1. The van der Waals surface area contributed by atoms with E-state index in [0.717, 1.165) is 19.3 Å². The molecule has 0 amide bonds. The summed E-state index contributed by atoms with van der Waals surface area (Å²) < 4.78 is 0. The Morgan fingerprint density at radius 3 is 2.00 bits per heavy atom. The Kier molecular flexibility index (Phi) is 5.17. The van der Waals surface area contributed by atoms with Crippen LogP contribution in [0.25, 0.3) is 0 Å². The highest BCUT2D eigenvalue weighted by Crippen LogP contribution is 2.30. The molecule has 2 heteroatoms. The fraction of sp³-hybridized carbons (Fsp3) is 0.917. The van der Waals surface area contributed by atoms with Gasteiger partial charge in [-0.3, -0.25) is 4.79 Å². The number of hydrogen-bond donors (Lipinski definition) is 1. The van der Waals surface area contributed by atoms with Gasteiger partial charge >= 0.3 is 5.97 Å². The van der Waals surface area contributed by atoms with E-state index in [2.05, 4.69) is 13.8 Å². The van der Waals surface area contributed by atoms with Gasteiger partial charge in [-0.15, -0.1) is 0 Å². The van der Waals surface area contributed by atoms with Gasteiger partial charge in [0.25, 0.3) is 0 Å². The summed E-state index contributed by atoms with van der Waals surface area (Å²) in [5.41, 5.74) is -0.122. The molecular weight excluding hydrogens is 176 g/mol. The minimum atomic E-state index is -0.652. The van der Waals surface area contributed by atoms with Crippen LogP contribution in [-0.2, 0) is 4.79 Å². The summed E-state index contributed by atoms with van der Waals surface area (Å²) in [6.07, 6.45) is 2.95. The second kappa shape index (κ2) is 5.38. The van der Waals surface area contributed by atoms with E-state index in [0.29, 0.717) is 5.92 Å². The molecule has 1 N–H and O–H groups in total. The molecular formula is C12H24O2. The van der Waals surface area contributed by atoms with Crippen LogP contribution in [0.1, 0.15) is 53.9 Å². The molecule has 0 radical (unpaired) electrons. The van der Waals surface area contributed by atoms with E-state index in [1.165, 1.54) is 0 Å². The molecule has 84 valence electrons. The first-order valence-electron chi connectivity index (χ1n) is 5.48. The molecule has 1 atom stereocenters. The van der Waals surface area contributed by atoms with Crippen molar-refractivity contribution in [2.45, 2.75) is 53.9 Å². The smallest absolute Gasteiger partial charge is 0.307 e. The van der Waals surface area contributed by atoms with Crippen molar-refractivity contribution in [3.63, 3.8) is 0 Å². The first-order chi connectivity index (χ1) is 6.25. The summed E-state index contributed by atoms with van der Waals surface area (Å²) in [7, 11) is 0. The molecule has 0 saturated carbocycles. The van der Waals surface area contributed by atoms with Gasteiger partial charge in [0.1, 0.15) is 0 Å². The van der Waals surface area contributed by atoms with E-state index in [1.807, 2.05) is 20.8 Å². The van der Waals surface area contributed by atoms with Crippen LogP contribution in [0.15, 0.2) is 0 Å². The second-order valence-corrected chi connectivity index (χ2v) is 5.58. The Morgan fingerprint density at radius 2 is 1.71 bits per heavy atom. The Balaban J connectivity index is 4.07. The maximum absolute atomic E-state index is 11.0. The first-order valence-corrected chi connectivity index (χ1v) is 5.48. The van der Waals surface area contributed by atoms with Crippen molar-refractivity contribution in [3.8, 4) is 0 Å². The average molecular weight is 200 g/mol. The highest BCUT2D eigenvalue weighted by atomic mass is 16.4. The van der Waals surface area contributed by atoms with Crippen molar-refractivity contribution in [3.05, 3.63) is 0 Å². The molecule has 0 bridgehead atoms. The lowest BCUT2D eigenvalue weighted by Crippen LogP contribution is -2.28. The molecule has 0 fully saturated rings. The van der Waals surface area contributed by atoms with Crippen LogP contribution < -0.4 is 0 Å². The third kappa shape index (κ3) is 5.25. The highest BCUT2D eigenvalue weighted by molar-refractivity contribution is 5.70. The molecule has 0 aliphatic carbocycles. The van der Waals surface area contributed by atoms with E-state index in [1.54, 1.807) is 0 Å². The quantitative estimate of drug-likeness (QED) is 0.736. The van der Waals surface area contributed by atoms with Gasteiger partial charge in [-0.1, -0.05) is 47.5 Å². The van der Waals surface area contributed by atoms with E-state index in [-0.39, 0.29) is 11.3 Å². The Bertz CT molecular complexity index is 177. The van der Waals surface area contributed by atoms with Crippen molar-refractivity contribution >= 4 is 5.97 Å². The molecule has 0 aromatic heterocycles. The van der Waals surface area contributed by atoms with Gasteiger partial charge in [0.05, 0.1) is 5.92 Å². The van der Waals surface area contributed by atoms with Crippen LogP contribution in [-0.4, -0.2) is 11.1 Å². The van der Waals surface area contributed by atoms with Gasteiger partial charge in [0, 0.05) is 0 Å². The first kappa shape index (κ1) is 13.5. The molecule has 0 saturated heterocycles. The normalized spacial score (nSPS) is 14.4. The summed E-state index contributed by atoms with van der Waals surface area (Å²) in [6, 6.07) is 0. The van der Waals surface area contributed by atoms with Crippen LogP contribution in [0.3, 0.4) is 0 Å². The van der Waals surface area contributed by atoms with Crippen LogP contribution in [0.2, 0.25) is 0 Å². The molecule has 14 heavy (non-hydrogen) atoms. The molecule has 0 aromatic carbocycles. The third-order valence-electron chi connectivity index (χ3n) is 2.62. The minimum absolute atomic E-state index is 0.122. The molecule has 0 aromatic rings. The van der Waals surface area contributed by atoms with Crippen molar-refractivity contribution in [1.82, 2.24) is 0 Å². The fourth-order valence-corrected chi connectivity index (χ4v) is 1.66. The standard InChI is InChI=1S/C12H24O2/c1-9(2)7-6-8-10(11(13)14)12(3,4)5/h9-10H,6-8H2,1-5H3,(H,13,14). The van der Waals surface area contributed by atoms with Crippen LogP contribution >= 0.6 is 0 Å². The SMILES string of the molecule is CC(C)CCCC(C(=O)O)C(C)(C)C. The number of carbonyl (C=O) groups is 1. The minimum Gasteiger partial charge on any atom is -0.481 e. The van der Waals surface area contributed by atoms with Gasteiger partial charge in [-0.25, -0.2) is 0 Å². The van der Waals surface area contributed by atoms with Crippen molar-refractivity contribution in [1.29, 1.82) is 0 Å². The Morgan fingerprint density at radius 1 is 1.21 bits per heavy atom. The van der Waals surface area contributed by atoms with Gasteiger partial charge in [0.15, 0.2) is 0 Å². The number of aliphatic carboxylic acids is 1. The van der Waals surface area contributed by atoms with Gasteiger partial charge < -0.3 is 5.11 Å². The number of rotatable bonds is 5. The summed E-state index contributed by atoms with van der Waals surface area (Å²) in [5.74, 6) is -0.188. The van der Waals surface area contributed by atoms with Crippen molar-refractivity contribution < 1.29 is 9.90 Å². The lowest BCUT2D eigenvalue weighted by Gasteiger charge is -2.27. The van der Waals surface area contributed by atoms with E-state index >= 15 is 0 Å². The average Bonchev–Trinajstić information content (AvgIpc) is 1.94. The Labute approximate surface area is 87.7 Å². The van der Waals surface area contributed by atoms with E-state index < -0.39 is 5.97 Å². The Hall–Kier alpha value is -0.530. The zero-order chi connectivity index (χ0) is 11.4. The molecule has 0 spiro atoms. The zero-order valence-corrected chi connectivity index (χ0v) is 10.1. The molecule has 0 aliphatic heterocycles. The predicted octanol–water partition coefficient (Wildman–Crippen LogP) is 3.56. The number of carboxylic acid groups (broad SMARTS) is 1. The van der Waals surface area contributed by atoms with E-state index in [9.17, 15) is 4.79 Å². The topological polar surface area (TPSA) is 37.3 Å². The monoisotopic (exact) mass is 200 g/mol. The van der Waals surface area contributed by atoms with Gasteiger partial charge in [-0.05, 0) is 17.8 Å². The van der Waals surface area contributed by atoms with Gasteiger partial charge in [0.2, 0.25) is 0 Å². The summed E-state index contributed by atoms with van der Waals surface area (Å²) in [5, 5.41) is 9.07. The fourth-order valence-electron chi connectivity index (χ4n) is 1.66. The maximum Gasteiger partial charge on any atom is 0.307 e. The lowest BCUT2D eigenvalue weighted by molar-refractivity contribution is -0.145. The summed E-state index contributed by atoms with van der Waals surface area (Å²) >= 11 is 0. The largest absolute Gasteiger partial charge is 0.481 e. The van der Waals surface area contributed by atoms with Crippen molar-refractivity contribution in [2.75, 3.05) is 0 Å². The van der Waals surface area contributed by atoms with Crippen LogP contribution in [0.4, 0.5) is 0 Å². The maximum atomic E-state index is 11.0. The lowest BCUT2D eigenvalue weighted by atomic mass is 9.77. The summed E-state index contributed by atoms with van der Waals surface area (Å²) in [4.78, 5) is 11.0. The van der Waals surface area contributed by atoms with E-state index in [4.69, 9.17) is 5.11 Å².